The van der Waals surface area contributed by atoms with Crippen LogP contribution >= 0.6 is 11.8 Å². The van der Waals surface area contributed by atoms with Crippen LogP contribution in [0.5, 0.6) is 0 Å². The number of morpholine rings is 1. The lowest BCUT2D eigenvalue weighted by molar-refractivity contribution is -0.130. The van der Waals surface area contributed by atoms with Crippen LogP contribution < -0.4 is 10.6 Å². The van der Waals surface area contributed by atoms with E-state index < -0.39 is 0 Å². The molecular formula is C18H31N3O3S. The molecule has 1 saturated carbocycles. The van der Waals surface area contributed by atoms with Crippen LogP contribution in [0.2, 0.25) is 0 Å². The fourth-order valence-corrected chi connectivity index (χ4v) is 5.88. The summed E-state index contributed by atoms with van der Waals surface area (Å²) in [6.07, 6.45) is 5.47. The minimum atomic E-state index is -0.379. The largest absolute Gasteiger partial charge is 0.379 e. The first-order chi connectivity index (χ1) is 12.1. The Hall–Kier alpha value is -0.790. The Bertz CT molecular complexity index is 470. The third-order valence-corrected chi connectivity index (χ3v) is 7.10. The Kier molecular flexibility index (Phi) is 6.63. The second kappa shape index (κ2) is 8.73. The number of carbonyl (C=O) groups is 2. The second-order valence-corrected chi connectivity index (χ2v) is 8.67. The summed E-state index contributed by atoms with van der Waals surface area (Å²) in [6, 6.07) is -0.379. The number of nitrogens with zero attached hydrogens (tertiary/aromatic N) is 1. The molecular weight excluding hydrogens is 338 g/mol. The number of hydrogen-bond donors (Lipinski definition) is 2. The molecule has 0 radical (unpaired) electrons. The molecule has 3 aliphatic rings. The van der Waals surface area contributed by atoms with E-state index in [0.29, 0.717) is 6.54 Å². The van der Waals surface area contributed by atoms with Gasteiger partial charge in [0.25, 0.3) is 0 Å². The minimum Gasteiger partial charge on any atom is -0.379 e. The van der Waals surface area contributed by atoms with Gasteiger partial charge in [-0.05, 0) is 30.9 Å². The fraction of sp³-hybridized carbons (Fsp3) is 0.889. The van der Waals surface area contributed by atoms with Crippen molar-refractivity contribution in [2.75, 3.05) is 44.4 Å². The van der Waals surface area contributed by atoms with Crippen molar-refractivity contribution in [1.82, 2.24) is 15.5 Å². The number of nitrogens with one attached hydrogen (secondary N) is 2. The van der Waals surface area contributed by atoms with Gasteiger partial charge in [-0.25, -0.2) is 0 Å². The zero-order chi connectivity index (χ0) is 17.7. The summed E-state index contributed by atoms with van der Waals surface area (Å²) in [7, 11) is 0. The van der Waals surface area contributed by atoms with Gasteiger partial charge in [0.1, 0.15) is 6.04 Å². The van der Waals surface area contributed by atoms with Gasteiger partial charge < -0.3 is 15.4 Å². The van der Waals surface area contributed by atoms with Gasteiger partial charge in [0, 0.05) is 37.8 Å². The Balaban J connectivity index is 1.62. The quantitative estimate of drug-likeness (QED) is 0.731. The number of hydrogen-bond acceptors (Lipinski definition) is 5. The number of amides is 2. The molecule has 0 aromatic rings. The predicted molar refractivity (Wildman–Crippen MR) is 99.6 cm³/mol. The van der Waals surface area contributed by atoms with Gasteiger partial charge >= 0.3 is 0 Å². The third-order valence-electron chi connectivity index (χ3n) is 5.87. The highest BCUT2D eigenvalue weighted by molar-refractivity contribution is 7.99. The standard InChI is InChI=1S/C18H31N3O3S/c1-14(22)20-16(15-4-2-3-5-15)17(23)19-12-18(6-11-25-13-18)21-7-9-24-10-8-21/h15-16H,2-13H2,1H3,(H,19,23)(H,20,22). The lowest BCUT2D eigenvalue weighted by Crippen LogP contribution is -2.61. The Labute approximate surface area is 154 Å². The highest BCUT2D eigenvalue weighted by Crippen LogP contribution is 2.34. The Morgan fingerprint density at radius 2 is 2.00 bits per heavy atom. The summed E-state index contributed by atoms with van der Waals surface area (Å²) >= 11 is 1.97. The average molecular weight is 370 g/mol. The van der Waals surface area contributed by atoms with Crippen LogP contribution in [0.4, 0.5) is 0 Å². The van der Waals surface area contributed by atoms with Crippen LogP contribution in [0.15, 0.2) is 0 Å². The number of thioether (sulfide) groups is 1. The zero-order valence-corrected chi connectivity index (χ0v) is 16.0. The van der Waals surface area contributed by atoms with E-state index in [4.69, 9.17) is 4.74 Å². The summed E-state index contributed by atoms with van der Waals surface area (Å²) < 4.78 is 5.50. The summed E-state index contributed by atoms with van der Waals surface area (Å²) in [4.78, 5) is 26.9. The summed E-state index contributed by atoms with van der Waals surface area (Å²) in [5.74, 6) is 2.35. The van der Waals surface area contributed by atoms with E-state index in [-0.39, 0.29) is 29.3 Å². The van der Waals surface area contributed by atoms with Crippen molar-refractivity contribution in [2.24, 2.45) is 5.92 Å². The van der Waals surface area contributed by atoms with Gasteiger partial charge in [-0.2, -0.15) is 11.8 Å². The van der Waals surface area contributed by atoms with Crippen molar-refractivity contribution in [2.45, 2.75) is 50.6 Å². The molecule has 2 unspecified atom stereocenters. The van der Waals surface area contributed by atoms with E-state index in [2.05, 4.69) is 15.5 Å². The van der Waals surface area contributed by atoms with E-state index in [9.17, 15) is 9.59 Å². The van der Waals surface area contributed by atoms with E-state index >= 15 is 0 Å². The maximum Gasteiger partial charge on any atom is 0.242 e. The van der Waals surface area contributed by atoms with Gasteiger partial charge in [0.15, 0.2) is 0 Å². The molecule has 2 atom stereocenters. The van der Waals surface area contributed by atoms with Gasteiger partial charge in [-0.3, -0.25) is 14.5 Å². The van der Waals surface area contributed by atoms with Gasteiger partial charge in [-0.15, -0.1) is 0 Å². The molecule has 2 amide bonds. The normalized spacial score (nSPS) is 29.5. The molecule has 2 saturated heterocycles. The number of ether oxygens (including phenoxy) is 1. The zero-order valence-electron chi connectivity index (χ0n) is 15.2. The summed E-state index contributed by atoms with van der Waals surface area (Å²) in [5.41, 5.74) is 0.0422. The lowest BCUT2D eigenvalue weighted by Gasteiger charge is -2.43. The van der Waals surface area contributed by atoms with Crippen LogP contribution in [0.1, 0.15) is 39.0 Å². The van der Waals surface area contributed by atoms with E-state index in [1.54, 1.807) is 0 Å². The molecule has 2 N–H and O–H groups in total. The maximum absolute atomic E-state index is 12.9. The second-order valence-electron chi connectivity index (χ2n) is 7.57. The Morgan fingerprint density at radius 1 is 1.28 bits per heavy atom. The van der Waals surface area contributed by atoms with Crippen LogP contribution in [0, 0.1) is 5.92 Å². The SMILES string of the molecule is CC(=O)NC(C(=O)NCC1(N2CCOCC2)CCSC1)C1CCCC1. The fourth-order valence-electron chi connectivity index (χ4n) is 4.40. The number of rotatable bonds is 6. The van der Waals surface area contributed by atoms with Gasteiger partial charge in [-0.1, -0.05) is 12.8 Å². The monoisotopic (exact) mass is 369 g/mol. The molecule has 25 heavy (non-hydrogen) atoms. The van der Waals surface area contributed by atoms with Crippen LogP contribution in [-0.4, -0.2) is 72.6 Å². The molecule has 3 rings (SSSR count). The van der Waals surface area contributed by atoms with Crippen molar-refractivity contribution >= 4 is 23.6 Å². The molecule has 7 heteroatoms. The molecule has 6 nitrogen and oxygen atoms in total. The van der Waals surface area contributed by atoms with Gasteiger partial charge in [0.05, 0.1) is 13.2 Å². The third kappa shape index (κ3) is 4.68. The topological polar surface area (TPSA) is 70.7 Å². The molecule has 2 heterocycles. The highest BCUT2D eigenvalue weighted by Gasteiger charge is 2.41. The van der Waals surface area contributed by atoms with Crippen molar-refractivity contribution in [3.8, 4) is 0 Å². The van der Waals surface area contributed by atoms with Crippen molar-refractivity contribution in [3.63, 3.8) is 0 Å². The van der Waals surface area contributed by atoms with Crippen LogP contribution in [0.25, 0.3) is 0 Å². The molecule has 2 aliphatic heterocycles. The van der Waals surface area contributed by atoms with Crippen molar-refractivity contribution in [3.05, 3.63) is 0 Å². The number of carbonyl (C=O) groups excluding carboxylic acids is 2. The highest BCUT2D eigenvalue weighted by atomic mass is 32.2. The van der Waals surface area contributed by atoms with Crippen LogP contribution in [0.3, 0.4) is 0 Å². The maximum atomic E-state index is 12.9. The summed E-state index contributed by atoms with van der Waals surface area (Å²) in [5, 5.41) is 6.09. The van der Waals surface area contributed by atoms with Gasteiger partial charge in [0.2, 0.25) is 11.8 Å². The average Bonchev–Trinajstić information content (AvgIpc) is 3.31. The van der Waals surface area contributed by atoms with E-state index in [1.807, 2.05) is 11.8 Å². The van der Waals surface area contributed by atoms with Crippen LogP contribution in [-0.2, 0) is 14.3 Å². The molecule has 0 spiro atoms. The smallest absolute Gasteiger partial charge is 0.242 e. The Morgan fingerprint density at radius 3 is 2.60 bits per heavy atom. The first-order valence-corrected chi connectivity index (χ1v) is 10.7. The first-order valence-electron chi connectivity index (χ1n) is 9.56. The van der Waals surface area contributed by atoms with E-state index in [0.717, 1.165) is 69.9 Å². The summed E-state index contributed by atoms with van der Waals surface area (Å²) in [6.45, 7) is 5.59. The predicted octanol–water partition coefficient (Wildman–Crippen LogP) is 1.01. The molecule has 3 fully saturated rings. The molecule has 1 aliphatic carbocycles. The molecule has 0 aromatic carbocycles. The lowest BCUT2D eigenvalue weighted by atomic mass is 9.94. The first kappa shape index (κ1) is 19.0. The van der Waals surface area contributed by atoms with E-state index in [1.165, 1.54) is 6.92 Å². The van der Waals surface area contributed by atoms with Crippen molar-refractivity contribution < 1.29 is 14.3 Å². The molecule has 0 aromatic heterocycles. The van der Waals surface area contributed by atoms with Crippen molar-refractivity contribution in [1.29, 1.82) is 0 Å². The molecule has 142 valence electrons. The minimum absolute atomic E-state index is 0.00775. The molecule has 0 bridgehead atoms.